The molecule has 1 aromatic rings. The predicted molar refractivity (Wildman–Crippen MR) is 81.9 cm³/mol. The van der Waals surface area contributed by atoms with Gasteiger partial charge in [-0.15, -0.1) is 0 Å². The number of amides is 2. The number of aryl methyl sites for hydroxylation is 2. The van der Waals surface area contributed by atoms with Gasteiger partial charge in [0, 0.05) is 38.4 Å². The first kappa shape index (κ1) is 16.3. The molecule has 0 N–H and O–H groups in total. The van der Waals surface area contributed by atoms with Crippen LogP contribution in [0.3, 0.4) is 0 Å². The first-order chi connectivity index (χ1) is 10.5. The molecule has 0 aromatic carbocycles. The Morgan fingerprint density at radius 3 is 2.18 bits per heavy atom. The number of nitrogens with zero attached hydrogens (tertiary/aromatic N) is 4. The second-order valence-corrected chi connectivity index (χ2v) is 5.34. The molecule has 0 radical (unpaired) electrons. The molecular formula is C15H24N4O3. The van der Waals surface area contributed by atoms with Gasteiger partial charge in [0.25, 0.3) is 5.91 Å². The van der Waals surface area contributed by atoms with Crippen LogP contribution in [0.4, 0.5) is 4.79 Å². The molecule has 2 heterocycles. The van der Waals surface area contributed by atoms with Crippen LogP contribution >= 0.6 is 0 Å². The molecule has 1 aromatic heterocycles. The van der Waals surface area contributed by atoms with Gasteiger partial charge in [-0.3, -0.25) is 9.48 Å². The maximum atomic E-state index is 12.7. The molecule has 7 nitrogen and oxygen atoms in total. The van der Waals surface area contributed by atoms with Crippen molar-refractivity contribution in [1.82, 2.24) is 19.6 Å². The molecule has 7 heteroatoms. The molecule has 0 unspecified atom stereocenters. The summed E-state index contributed by atoms with van der Waals surface area (Å²) in [5.41, 5.74) is 2.35. The van der Waals surface area contributed by atoms with E-state index in [9.17, 15) is 9.59 Å². The third-order valence-electron chi connectivity index (χ3n) is 3.99. The van der Waals surface area contributed by atoms with Crippen molar-refractivity contribution in [3.63, 3.8) is 0 Å². The maximum Gasteiger partial charge on any atom is 0.409 e. The highest BCUT2D eigenvalue weighted by atomic mass is 16.6. The molecule has 0 bridgehead atoms. The molecule has 0 spiro atoms. The number of aromatic nitrogens is 2. The Morgan fingerprint density at radius 2 is 1.68 bits per heavy atom. The summed E-state index contributed by atoms with van der Waals surface area (Å²) in [6, 6.07) is 0. The molecule has 1 saturated heterocycles. The van der Waals surface area contributed by atoms with E-state index in [2.05, 4.69) is 5.10 Å². The number of carbonyl (C=O) groups excluding carboxylic acids is 2. The molecule has 2 rings (SSSR count). The third-order valence-corrected chi connectivity index (χ3v) is 3.99. The zero-order valence-electron chi connectivity index (χ0n) is 13.8. The molecule has 1 aliphatic rings. The van der Waals surface area contributed by atoms with E-state index in [1.54, 1.807) is 16.7 Å². The summed E-state index contributed by atoms with van der Waals surface area (Å²) in [5.74, 6) is -0.00166. The number of piperazine rings is 1. The molecule has 0 atom stereocenters. The molecule has 1 aliphatic heterocycles. The lowest BCUT2D eigenvalue weighted by Crippen LogP contribution is -2.50. The van der Waals surface area contributed by atoms with E-state index in [0.29, 0.717) is 38.3 Å². The molecule has 0 aliphatic carbocycles. The van der Waals surface area contributed by atoms with Crippen LogP contribution in [0.15, 0.2) is 0 Å². The number of hydrogen-bond donors (Lipinski definition) is 0. The van der Waals surface area contributed by atoms with Crippen LogP contribution in [0.5, 0.6) is 0 Å². The van der Waals surface area contributed by atoms with E-state index in [4.69, 9.17) is 4.74 Å². The Morgan fingerprint density at radius 1 is 1.09 bits per heavy atom. The highest BCUT2D eigenvalue weighted by Crippen LogP contribution is 2.17. The highest BCUT2D eigenvalue weighted by molar-refractivity contribution is 5.96. The molecule has 122 valence electrons. The topological polar surface area (TPSA) is 67.7 Å². The van der Waals surface area contributed by atoms with Crippen molar-refractivity contribution in [1.29, 1.82) is 0 Å². The molecule has 0 saturated carbocycles. The zero-order chi connectivity index (χ0) is 16.3. The molecule has 1 fully saturated rings. The van der Waals surface area contributed by atoms with E-state index >= 15 is 0 Å². The summed E-state index contributed by atoms with van der Waals surface area (Å²) in [5, 5.41) is 4.40. The van der Waals surface area contributed by atoms with Gasteiger partial charge in [-0.25, -0.2) is 4.79 Å². The van der Waals surface area contributed by atoms with Crippen molar-refractivity contribution < 1.29 is 14.3 Å². The Balaban J connectivity index is 2.04. The van der Waals surface area contributed by atoms with Crippen LogP contribution in [0.1, 0.15) is 35.6 Å². The first-order valence-corrected chi connectivity index (χ1v) is 7.74. The predicted octanol–water partition coefficient (Wildman–Crippen LogP) is 1.43. The minimum Gasteiger partial charge on any atom is -0.450 e. The van der Waals surface area contributed by atoms with Gasteiger partial charge in [-0.2, -0.15) is 5.10 Å². The van der Waals surface area contributed by atoms with Crippen LogP contribution in [0.2, 0.25) is 0 Å². The van der Waals surface area contributed by atoms with E-state index < -0.39 is 0 Å². The van der Waals surface area contributed by atoms with Gasteiger partial charge in [-0.1, -0.05) is 0 Å². The SMILES string of the molecule is CCOC(=O)N1CCN(C(=O)c2c(C)nn(CC)c2C)CC1. The van der Waals surface area contributed by atoms with Crippen LogP contribution < -0.4 is 0 Å². The quantitative estimate of drug-likeness (QED) is 0.847. The van der Waals surface area contributed by atoms with Gasteiger partial charge in [0.05, 0.1) is 17.9 Å². The molecule has 22 heavy (non-hydrogen) atoms. The van der Waals surface area contributed by atoms with Gasteiger partial charge in [0.1, 0.15) is 0 Å². The fourth-order valence-corrected chi connectivity index (χ4v) is 2.78. The number of ether oxygens (including phenoxy) is 1. The van der Waals surface area contributed by atoms with Crippen LogP contribution in [0, 0.1) is 13.8 Å². The maximum absolute atomic E-state index is 12.7. The van der Waals surface area contributed by atoms with E-state index in [1.807, 2.05) is 25.5 Å². The van der Waals surface area contributed by atoms with E-state index in [0.717, 1.165) is 17.9 Å². The summed E-state index contributed by atoms with van der Waals surface area (Å²) < 4.78 is 6.83. The average molecular weight is 308 g/mol. The normalized spacial score (nSPS) is 15.1. The fraction of sp³-hybridized carbons (Fsp3) is 0.667. The smallest absolute Gasteiger partial charge is 0.409 e. The van der Waals surface area contributed by atoms with Crippen LogP contribution in [-0.2, 0) is 11.3 Å². The van der Waals surface area contributed by atoms with Gasteiger partial charge in [0.2, 0.25) is 0 Å². The Hall–Kier alpha value is -2.05. The van der Waals surface area contributed by atoms with Gasteiger partial charge >= 0.3 is 6.09 Å². The largest absolute Gasteiger partial charge is 0.450 e. The Bertz CT molecular complexity index is 559. The average Bonchev–Trinajstić information content (AvgIpc) is 2.81. The first-order valence-electron chi connectivity index (χ1n) is 7.74. The van der Waals surface area contributed by atoms with Crippen molar-refractivity contribution in [2.45, 2.75) is 34.2 Å². The van der Waals surface area contributed by atoms with Crippen molar-refractivity contribution >= 4 is 12.0 Å². The Labute approximate surface area is 130 Å². The lowest BCUT2D eigenvalue weighted by Gasteiger charge is -2.34. The van der Waals surface area contributed by atoms with Crippen molar-refractivity contribution in [2.24, 2.45) is 0 Å². The summed E-state index contributed by atoms with van der Waals surface area (Å²) in [7, 11) is 0. The van der Waals surface area contributed by atoms with Crippen molar-refractivity contribution in [3.8, 4) is 0 Å². The number of hydrogen-bond acceptors (Lipinski definition) is 4. The van der Waals surface area contributed by atoms with Crippen molar-refractivity contribution in [3.05, 3.63) is 17.0 Å². The number of rotatable bonds is 3. The second-order valence-electron chi connectivity index (χ2n) is 5.34. The van der Waals surface area contributed by atoms with Crippen LogP contribution in [-0.4, -0.2) is 64.4 Å². The minimum atomic E-state index is -0.305. The summed E-state index contributed by atoms with van der Waals surface area (Å²) in [6.07, 6.45) is -0.305. The van der Waals surface area contributed by atoms with E-state index in [1.165, 1.54) is 0 Å². The Kier molecular flexibility index (Phi) is 5.05. The fourth-order valence-electron chi connectivity index (χ4n) is 2.78. The zero-order valence-corrected chi connectivity index (χ0v) is 13.8. The summed E-state index contributed by atoms with van der Waals surface area (Å²) >= 11 is 0. The standard InChI is InChI=1S/C15H24N4O3/c1-5-19-12(4)13(11(3)16-19)14(20)17-7-9-18(10-8-17)15(21)22-6-2/h5-10H2,1-4H3. The third kappa shape index (κ3) is 3.08. The van der Waals surface area contributed by atoms with Gasteiger partial charge in [-0.05, 0) is 27.7 Å². The minimum absolute atomic E-state index is 0.00166. The number of carbonyl (C=O) groups is 2. The molecule has 2 amide bonds. The monoisotopic (exact) mass is 308 g/mol. The highest BCUT2D eigenvalue weighted by Gasteiger charge is 2.28. The van der Waals surface area contributed by atoms with Crippen LogP contribution in [0.25, 0.3) is 0 Å². The van der Waals surface area contributed by atoms with Gasteiger partial charge in [0.15, 0.2) is 0 Å². The summed E-state index contributed by atoms with van der Waals surface area (Å²) in [4.78, 5) is 27.8. The van der Waals surface area contributed by atoms with Gasteiger partial charge < -0.3 is 14.5 Å². The van der Waals surface area contributed by atoms with E-state index in [-0.39, 0.29) is 12.0 Å². The molecular weight excluding hydrogens is 284 g/mol. The lowest BCUT2D eigenvalue weighted by atomic mass is 10.1. The summed E-state index contributed by atoms with van der Waals surface area (Å²) in [6.45, 7) is 10.7. The second kappa shape index (κ2) is 6.81. The van der Waals surface area contributed by atoms with Crippen molar-refractivity contribution in [2.75, 3.05) is 32.8 Å². The lowest BCUT2D eigenvalue weighted by molar-refractivity contribution is 0.0569.